The van der Waals surface area contributed by atoms with E-state index in [1.165, 1.54) is 0 Å². The van der Waals surface area contributed by atoms with Gasteiger partial charge in [0.2, 0.25) is 3.79 Å². The number of aromatic nitrogens is 2. The van der Waals surface area contributed by atoms with Crippen molar-refractivity contribution in [1.29, 1.82) is 0 Å². The fourth-order valence-electron chi connectivity index (χ4n) is 2.55. The number of halogens is 2. The molecule has 1 aromatic carbocycles. The largest absolute Gasteiger partial charge is 0.357 e. The second kappa shape index (κ2) is 5.04. The molecule has 5 heteroatoms. The van der Waals surface area contributed by atoms with Gasteiger partial charge in [-0.25, -0.2) is 0 Å². The third-order valence-electron chi connectivity index (χ3n) is 3.49. The van der Waals surface area contributed by atoms with Crippen LogP contribution in [-0.4, -0.2) is 13.8 Å². The molecule has 0 radical (unpaired) electrons. The normalized spacial score (nSPS) is 11.2. The molecule has 3 rings (SSSR count). The zero-order chi connectivity index (χ0) is 14.4. The van der Waals surface area contributed by atoms with Crippen LogP contribution in [0.1, 0.15) is 21.6 Å². The predicted molar refractivity (Wildman–Crippen MR) is 93.6 cm³/mol. The molecular formula is C15H12BrIN2O. The van der Waals surface area contributed by atoms with E-state index in [4.69, 9.17) is 0 Å². The summed E-state index contributed by atoms with van der Waals surface area (Å²) in [5, 5.41) is 1.14. The van der Waals surface area contributed by atoms with Crippen LogP contribution in [-0.2, 0) is 0 Å². The van der Waals surface area contributed by atoms with Gasteiger partial charge in [0, 0.05) is 43.7 Å². The van der Waals surface area contributed by atoms with Gasteiger partial charge in [0.05, 0.1) is 17.0 Å². The van der Waals surface area contributed by atoms with E-state index in [1.807, 2.05) is 48.6 Å². The molecule has 2 N–H and O–H groups in total. The Bertz CT molecular complexity index is 832. The van der Waals surface area contributed by atoms with Gasteiger partial charge < -0.3 is 9.97 Å². The molecule has 3 nitrogen and oxygen atoms in total. The fraction of sp³-hybridized carbons (Fsp3) is 0.133. The van der Waals surface area contributed by atoms with Crippen LogP contribution in [0.5, 0.6) is 0 Å². The second-order valence-electron chi connectivity index (χ2n) is 4.81. The fourth-order valence-corrected chi connectivity index (χ4v) is 3.74. The third kappa shape index (κ3) is 2.22. The molecule has 0 aliphatic rings. The van der Waals surface area contributed by atoms with Crippen molar-refractivity contribution in [3.8, 4) is 11.4 Å². The average molecular weight is 443 g/mol. The third-order valence-corrected chi connectivity index (χ3v) is 4.52. The highest BCUT2D eigenvalue weighted by Crippen LogP contribution is 2.31. The summed E-state index contributed by atoms with van der Waals surface area (Å²) in [5.74, 6) is 0. The molecule has 0 spiro atoms. The highest BCUT2D eigenvalue weighted by Gasteiger charge is 2.18. The Kier molecular flexibility index (Phi) is 3.50. The smallest absolute Gasteiger partial charge is 0.224 e. The average Bonchev–Trinajstić information content (AvgIpc) is 2.89. The van der Waals surface area contributed by atoms with Crippen molar-refractivity contribution in [2.24, 2.45) is 0 Å². The summed E-state index contributed by atoms with van der Waals surface area (Å²) in [6.45, 7) is 3.91. The highest BCUT2D eigenvalue weighted by atomic mass is 127. The van der Waals surface area contributed by atoms with Crippen LogP contribution in [0.4, 0.5) is 0 Å². The van der Waals surface area contributed by atoms with Gasteiger partial charge in [-0.1, -0.05) is 15.9 Å². The van der Waals surface area contributed by atoms with Gasteiger partial charge in [-0.15, -0.1) is 0 Å². The van der Waals surface area contributed by atoms with E-state index in [9.17, 15) is 4.79 Å². The zero-order valence-corrected chi connectivity index (χ0v) is 14.7. The number of H-pyrrole nitrogens is 2. The van der Waals surface area contributed by atoms with Gasteiger partial charge in [0.25, 0.3) is 0 Å². The number of aromatic amines is 2. The van der Waals surface area contributed by atoms with Gasteiger partial charge in [0.1, 0.15) is 0 Å². The Morgan fingerprint density at radius 1 is 1.20 bits per heavy atom. The number of nitrogens with one attached hydrogen (secondary N) is 2. The van der Waals surface area contributed by atoms with E-state index in [0.717, 1.165) is 43.6 Å². The molecule has 0 amide bonds. The Hall–Kier alpha value is -1.08. The molecular weight excluding hydrogens is 431 g/mol. The summed E-state index contributed by atoms with van der Waals surface area (Å²) in [6, 6.07) is 8.22. The molecule has 20 heavy (non-hydrogen) atoms. The number of carbonyl (C=O) groups excluding carboxylic acids is 1. The Morgan fingerprint density at radius 2 is 1.95 bits per heavy atom. The Labute approximate surface area is 138 Å². The van der Waals surface area contributed by atoms with Crippen LogP contribution in [0.25, 0.3) is 22.3 Å². The van der Waals surface area contributed by atoms with Crippen molar-refractivity contribution < 1.29 is 4.79 Å². The first-order chi connectivity index (χ1) is 9.47. The molecule has 0 unspecified atom stereocenters. The topological polar surface area (TPSA) is 48.6 Å². The summed E-state index contributed by atoms with van der Waals surface area (Å²) in [4.78, 5) is 18.4. The molecule has 0 aliphatic heterocycles. The molecule has 2 aromatic heterocycles. The molecule has 0 bridgehead atoms. The summed E-state index contributed by atoms with van der Waals surface area (Å²) < 4.78 is 1.12. The predicted octanol–water partition coefficient (Wildman–Crippen LogP) is 5.12. The van der Waals surface area contributed by atoms with E-state index in [0.29, 0.717) is 0 Å². The quantitative estimate of drug-likeness (QED) is 0.420. The van der Waals surface area contributed by atoms with Crippen LogP contribution in [0.15, 0.2) is 28.7 Å². The van der Waals surface area contributed by atoms with E-state index in [-0.39, 0.29) is 3.79 Å². The van der Waals surface area contributed by atoms with Crippen molar-refractivity contribution in [1.82, 2.24) is 9.97 Å². The lowest BCUT2D eigenvalue weighted by atomic mass is 10.1. The van der Waals surface area contributed by atoms with E-state index < -0.39 is 0 Å². The van der Waals surface area contributed by atoms with Gasteiger partial charge in [-0.05, 0) is 43.7 Å². The minimum Gasteiger partial charge on any atom is -0.357 e. The van der Waals surface area contributed by atoms with Crippen molar-refractivity contribution >= 4 is 53.2 Å². The number of benzene rings is 1. The van der Waals surface area contributed by atoms with Gasteiger partial charge in [0.15, 0.2) is 0 Å². The van der Waals surface area contributed by atoms with Crippen molar-refractivity contribution in [3.05, 3.63) is 45.6 Å². The molecule has 102 valence electrons. The minimum absolute atomic E-state index is 0.0685. The van der Waals surface area contributed by atoms with Crippen LogP contribution < -0.4 is 0 Å². The Morgan fingerprint density at radius 3 is 2.60 bits per heavy atom. The van der Waals surface area contributed by atoms with Crippen LogP contribution >= 0.6 is 38.5 Å². The highest BCUT2D eigenvalue weighted by molar-refractivity contribution is 14.1. The maximum atomic E-state index is 11.7. The van der Waals surface area contributed by atoms with E-state index in [1.54, 1.807) is 0 Å². The molecule has 2 heterocycles. The first kappa shape index (κ1) is 13.9. The lowest BCUT2D eigenvalue weighted by Gasteiger charge is -1.97. The first-order valence-corrected chi connectivity index (χ1v) is 8.02. The SMILES string of the molecule is Cc1[nH]c(-c2cc3cc(Br)ccc3[nH]2)c(C)c1C(=O)I. The minimum atomic E-state index is 0.0685. The van der Waals surface area contributed by atoms with Gasteiger partial charge >= 0.3 is 0 Å². The molecule has 0 saturated carbocycles. The van der Waals surface area contributed by atoms with Gasteiger partial charge in [-0.2, -0.15) is 0 Å². The lowest BCUT2D eigenvalue weighted by Crippen LogP contribution is -1.91. The van der Waals surface area contributed by atoms with Crippen molar-refractivity contribution in [2.45, 2.75) is 13.8 Å². The van der Waals surface area contributed by atoms with Crippen molar-refractivity contribution in [3.63, 3.8) is 0 Å². The second-order valence-corrected chi connectivity index (χ2v) is 6.71. The summed E-state index contributed by atoms with van der Waals surface area (Å²) in [7, 11) is 0. The number of aryl methyl sites for hydroxylation is 1. The Balaban J connectivity index is 2.21. The van der Waals surface area contributed by atoms with Crippen LogP contribution in [0.2, 0.25) is 0 Å². The summed E-state index contributed by atoms with van der Waals surface area (Å²) >= 11 is 5.32. The standard InChI is InChI=1S/C15H12BrIN2O/c1-7-13(15(17)20)8(2)18-14(7)12-6-9-5-10(16)3-4-11(9)19-12/h3-6,18-19H,1-2H3. The summed E-state index contributed by atoms with van der Waals surface area (Å²) in [5.41, 5.74) is 5.75. The summed E-state index contributed by atoms with van der Waals surface area (Å²) in [6.07, 6.45) is 0. The molecule has 0 fully saturated rings. The molecule has 0 aliphatic carbocycles. The molecule has 0 saturated heterocycles. The zero-order valence-electron chi connectivity index (χ0n) is 11.0. The van der Waals surface area contributed by atoms with Gasteiger partial charge in [-0.3, -0.25) is 4.79 Å². The van der Waals surface area contributed by atoms with E-state index >= 15 is 0 Å². The number of hydrogen-bond acceptors (Lipinski definition) is 1. The molecule has 3 aromatic rings. The maximum Gasteiger partial charge on any atom is 0.224 e. The van der Waals surface area contributed by atoms with Crippen LogP contribution in [0, 0.1) is 13.8 Å². The monoisotopic (exact) mass is 442 g/mol. The van der Waals surface area contributed by atoms with Crippen LogP contribution in [0.3, 0.4) is 0 Å². The first-order valence-electron chi connectivity index (χ1n) is 6.15. The number of hydrogen-bond donors (Lipinski definition) is 2. The number of rotatable bonds is 2. The lowest BCUT2D eigenvalue weighted by molar-refractivity contribution is 0.110. The maximum absolute atomic E-state index is 11.7. The number of fused-ring (bicyclic) bond motifs is 1. The van der Waals surface area contributed by atoms with E-state index in [2.05, 4.69) is 38.0 Å². The van der Waals surface area contributed by atoms with Crippen molar-refractivity contribution in [2.75, 3.05) is 0 Å². The molecule has 0 atom stereocenters. The number of carbonyl (C=O) groups is 1.